The molecule has 4 aliphatic rings. The summed E-state index contributed by atoms with van der Waals surface area (Å²) in [6.45, 7) is 0. The molecular formula is C17H19NO2. The number of hydrogen-bond donors (Lipinski definition) is 0. The van der Waals surface area contributed by atoms with Crippen molar-refractivity contribution in [1.29, 1.82) is 0 Å². The lowest BCUT2D eigenvalue weighted by molar-refractivity contribution is -0.404. The van der Waals surface area contributed by atoms with Crippen LogP contribution in [0.4, 0.5) is 0 Å². The topological polar surface area (TPSA) is 43.1 Å². The molecule has 1 aromatic rings. The normalized spacial score (nSPS) is 40.2. The molecule has 5 rings (SSSR count). The van der Waals surface area contributed by atoms with Gasteiger partial charge in [-0.2, -0.15) is 0 Å². The molecule has 0 N–H and O–H groups in total. The second-order valence-corrected chi connectivity index (χ2v) is 6.90. The monoisotopic (exact) mass is 269 g/mol. The Labute approximate surface area is 118 Å². The Bertz CT molecular complexity index is 560. The van der Waals surface area contributed by atoms with Gasteiger partial charge in [0.1, 0.15) is 0 Å². The van der Waals surface area contributed by atoms with Crippen molar-refractivity contribution in [3.8, 4) is 0 Å². The number of benzene rings is 1. The minimum absolute atomic E-state index is 0.243. The van der Waals surface area contributed by atoms with E-state index in [1.165, 1.54) is 31.0 Å². The molecule has 0 amide bonds. The van der Waals surface area contributed by atoms with Crippen LogP contribution in [0.1, 0.15) is 37.7 Å². The van der Waals surface area contributed by atoms with E-state index in [1.54, 1.807) is 0 Å². The Morgan fingerprint density at radius 1 is 1.10 bits per heavy atom. The first-order chi connectivity index (χ1) is 9.66. The third kappa shape index (κ3) is 1.72. The van der Waals surface area contributed by atoms with Crippen LogP contribution in [-0.4, -0.2) is 4.92 Å². The van der Waals surface area contributed by atoms with Crippen molar-refractivity contribution < 1.29 is 4.92 Å². The minimum Gasteiger partial charge on any atom is -0.259 e. The highest BCUT2D eigenvalue weighted by Crippen LogP contribution is 2.62. The Balaban J connectivity index is 1.73. The van der Waals surface area contributed by atoms with E-state index >= 15 is 0 Å². The van der Waals surface area contributed by atoms with E-state index in [0.717, 1.165) is 24.3 Å². The number of hydrogen-bond acceptors (Lipinski definition) is 2. The Kier molecular flexibility index (Phi) is 2.53. The van der Waals surface area contributed by atoms with Gasteiger partial charge in [-0.1, -0.05) is 30.3 Å². The summed E-state index contributed by atoms with van der Waals surface area (Å²) in [6.07, 6.45) is 7.18. The molecule has 4 bridgehead atoms. The zero-order valence-electron chi connectivity index (χ0n) is 11.5. The standard InChI is InChI=1S/C17H19NO2/c19-18(20)11-16-13-6-12-7-14(16)10-17(8-12,9-13)15-4-2-1-3-5-15/h1-5,11-14H,6-10H2/t12?,13-,14+,17?. The van der Waals surface area contributed by atoms with Crippen molar-refractivity contribution in [2.75, 3.05) is 0 Å². The number of nitrogens with zero attached hydrogens (tertiary/aromatic N) is 1. The smallest absolute Gasteiger partial charge is 0.234 e. The predicted octanol–water partition coefficient (Wildman–Crippen LogP) is 3.92. The van der Waals surface area contributed by atoms with Crippen molar-refractivity contribution in [2.24, 2.45) is 17.8 Å². The van der Waals surface area contributed by atoms with Gasteiger partial charge in [0.05, 0.1) is 4.92 Å². The summed E-state index contributed by atoms with van der Waals surface area (Å²) in [5, 5.41) is 10.9. The quantitative estimate of drug-likeness (QED) is 0.603. The van der Waals surface area contributed by atoms with E-state index in [4.69, 9.17) is 0 Å². The highest BCUT2D eigenvalue weighted by Gasteiger charge is 2.54. The number of allylic oxidation sites excluding steroid dienone is 1. The van der Waals surface area contributed by atoms with Crippen LogP contribution in [0.3, 0.4) is 0 Å². The average molecular weight is 269 g/mol. The molecule has 20 heavy (non-hydrogen) atoms. The molecule has 3 heteroatoms. The second-order valence-electron chi connectivity index (χ2n) is 6.90. The SMILES string of the molecule is O=[N+]([O-])C=C1[C@@H]2CC3C[C@H]1CC(c1ccccc1)(C3)C2. The van der Waals surface area contributed by atoms with Gasteiger partial charge in [0.15, 0.2) is 0 Å². The molecule has 0 aromatic heterocycles. The van der Waals surface area contributed by atoms with Gasteiger partial charge >= 0.3 is 0 Å². The summed E-state index contributed by atoms with van der Waals surface area (Å²) >= 11 is 0. The molecule has 4 saturated carbocycles. The first-order valence-corrected chi connectivity index (χ1v) is 7.57. The van der Waals surface area contributed by atoms with Crippen LogP contribution < -0.4 is 0 Å². The Morgan fingerprint density at radius 3 is 2.35 bits per heavy atom. The molecule has 2 unspecified atom stereocenters. The molecule has 0 aliphatic heterocycles. The molecule has 4 fully saturated rings. The highest BCUT2D eigenvalue weighted by atomic mass is 16.6. The molecule has 0 saturated heterocycles. The van der Waals surface area contributed by atoms with E-state index in [1.807, 2.05) is 0 Å². The van der Waals surface area contributed by atoms with Crippen molar-refractivity contribution >= 4 is 0 Å². The lowest BCUT2D eigenvalue weighted by Gasteiger charge is -2.57. The van der Waals surface area contributed by atoms with Gasteiger partial charge in [0.25, 0.3) is 0 Å². The van der Waals surface area contributed by atoms with Crippen molar-refractivity contribution in [1.82, 2.24) is 0 Å². The van der Waals surface area contributed by atoms with E-state index in [0.29, 0.717) is 17.3 Å². The van der Waals surface area contributed by atoms with Crippen LogP contribution in [-0.2, 0) is 5.41 Å². The maximum Gasteiger partial charge on any atom is 0.234 e. The number of nitro groups is 1. The lowest BCUT2D eigenvalue weighted by atomic mass is 9.46. The fraction of sp³-hybridized carbons (Fsp3) is 0.529. The van der Waals surface area contributed by atoms with Crippen LogP contribution in [0.25, 0.3) is 0 Å². The summed E-state index contributed by atoms with van der Waals surface area (Å²) in [6, 6.07) is 10.8. The molecule has 0 spiro atoms. The van der Waals surface area contributed by atoms with Crippen molar-refractivity contribution in [3.63, 3.8) is 0 Å². The van der Waals surface area contributed by atoms with Crippen LogP contribution in [0, 0.1) is 27.9 Å². The molecule has 0 radical (unpaired) electrons. The Morgan fingerprint density at radius 2 is 1.75 bits per heavy atom. The summed E-state index contributed by atoms with van der Waals surface area (Å²) in [5.74, 6) is 1.68. The third-order valence-electron chi connectivity index (χ3n) is 5.77. The van der Waals surface area contributed by atoms with E-state index in [-0.39, 0.29) is 4.92 Å². The van der Waals surface area contributed by atoms with E-state index in [2.05, 4.69) is 30.3 Å². The average Bonchev–Trinajstić information content (AvgIpc) is 2.43. The minimum atomic E-state index is -0.243. The first kappa shape index (κ1) is 12.1. The van der Waals surface area contributed by atoms with Gasteiger partial charge in [-0.25, -0.2) is 0 Å². The predicted molar refractivity (Wildman–Crippen MR) is 76.8 cm³/mol. The van der Waals surface area contributed by atoms with Crippen LogP contribution in [0.5, 0.6) is 0 Å². The Hall–Kier alpha value is -1.64. The largest absolute Gasteiger partial charge is 0.259 e. The zero-order valence-corrected chi connectivity index (χ0v) is 11.5. The van der Waals surface area contributed by atoms with Crippen molar-refractivity contribution in [2.45, 2.75) is 37.5 Å². The summed E-state index contributed by atoms with van der Waals surface area (Å²) < 4.78 is 0. The fourth-order valence-electron chi connectivity index (χ4n) is 5.30. The zero-order chi connectivity index (χ0) is 13.7. The molecule has 104 valence electrons. The van der Waals surface area contributed by atoms with Gasteiger partial charge in [0, 0.05) is 5.57 Å². The molecule has 0 heterocycles. The van der Waals surface area contributed by atoms with Gasteiger partial charge in [-0.05, 0) is 60.8 Å². The van der Waals surface area contributed by atoms with Gasteiger partial charge in [0.2, 0.25) is 6.20 Å². The van der Waals surface area contributed by atoms with Crippen LogP contribution >= 0.6 is 0 Å². The van der Waals surface area contributed by atoms with Gasteiger partial charge in [-0.15, -0.1) is 0 Å². The first-order valence-electron chi connectivity index (χ1n) is 7.57. The van der Waals surface area contributed by atoms with Crippen LogP contribution in [0.15, 0.2) is 42.1 Å². The maximum absolute atomic E-state index is 10.9. The lowest BCUT2D eigenvalue weighted by Crippen LogP contribution is -2.49. The summed E-state index contributed by atoms with van der Waals surface area (Å²) in [5.41, 5.74) is 2.89. The van der Waals surface area contributed by atoms with Gasteiger partial charge in [-0.3, -0.25) is 10.1 Å². The van der Waals surface area contributed by atoms with Gasteiger partial charge < -0.3 is 0 Å². The molecule has 4 atom stereocenters. The summed E-state index contributed by atoms with van der Waals surface area (Å²) in [4.78, 5) is 10.6. The highest BCUT2D eigenvalue weighted by molar-refractivity contribution is 5.34. The van der Waals surface area contributed by atoms with E-state index in [9.17, 15) is 10.1 Å². The maximum atomic E-state index is 10.9. The molecule has 3 nitrogen and oxygen atoms in total. The second kappa shape index (κ2) is 4.18. The molecule has 1 aromatic carbocycles. The fourth-order valence-corrected chi connectivity index (χ4v) is 5.30. The number of rotatable bonds is 2. The van der Waals surface area contributed by atoms with Crippen LogP contribution in [0.2, 0.25) is 0 Å². The van der Waals surface area contributed by atoms with Crippen molar-refractivity contribution in [3.05, 3.63) is 57.8 Å². The molecule has 4 aliphatic carbocycles. The summed E-state index contributed by atoms with van der Waals surface area (Å²) in [7, 11) is 0. The van der Waals surface area contributed by atoms with E-state index < -0.39 is 0 Å². The third-order valence-corrected chi connectivity index (χ3v) is 5.77. The molecular weight excluding hydrogens is 250 g/mol.